The van der Waals surface area contributed by atoms with Gasteiger partial charge < -0.3 is 14.9 Å². The molecule has 0 aliphatic heterocycles. The number of amides is 1. The molecule has 7 nitrogen and oxygen atoms in total. The topological polar surface area (TPSA) is 89.9 Å². The average molecular weight is 481 g/mol. The van der Waals surface area contributed by atoms with Crippen molar-refractivity contribution in [2.45, 2.75) is 12.8 Å². The Morgan fingerprint density at radius 1 is 1.18 bits per heavy atom. The molecular weight excluding hydrogens is 466 g/mol. The maximum Gasteiger partial charge on any atom is 0.416 e. The van der Waals surface area contributed by atoms with Crippen LogP contribution >= 0.6 is 11.3 Å². The molecule has 0 saturated carbocycles. The van der Waals surface area contributed by atoms with E-state index < -0.39 is 17.6 Å². The number of alkyl halides is 3. The number of nitrogens with one attached hydrogen (secondary N) is 1. The quantitative estimate of drug-likeness (QED) is 0.169. The van der Waals surface area contributed by atoms with Crippen LogP contribution in [0.25, 0.3) is 10.6 Å². The SMILES string of the molecule is CO/N=C(\NC=O)c1ccc(OCc2sc(-c3ccc(C(F)(F)F)cc3)nc2C=O)cc1F. The Kier molecular flexibility index (Phi) is 7.38. The minimum absolute atomic E-state index is 0.0349. The number of thiazole rings is 1. The molecule has 172 valence electrons. The summed E-state index contributed by atoms with van der Waals surface area (Å²) in [6.07, 6.45) is -3.63. The molecule has 0 bridgehead atoms. The van der Waals surface area contributed by atoms with Gasteiger partial charge >= 0.3 is 6.18 Å². The first-order chi connectivity index (χ1) is 15.8. The fraction of sp³-hybridized carbons (Fsp3) is 0.143. The first kappa shape index (κ1) is 23.9. The molecule has 1 heterocycles. The predicted octanol–water partition coefficient (Wildman–Crippen LogP) is 4.41. The van der Waals surface area contributed by atoms with E-state index >= 15 is 0 Å². The number of benzene rings is 2. The molecule has 1 amide bonds. The van der Waals surface area contributed by atoms with E-state index in [0.717, 1.165) is 29.5 Å². The molecule has 33 heavy (non-hydrogen) atoms. The zero-order chi connectivity index (χ0) is 24.0. The van der Waals surface area contributed by atoms with Gasteiger partial charge in [0, 0.05) is 11.6 Å². The van der Waals surface area contributed by atoms with Gasteiger partial charge in [0.1, 0.15) is 36.0 Å². The van der Waals surface area contributed by atoms with Gasteiger partial charge in [-0.1, -0.05) is 17.3 Å². The molecule has 1 aromatic heterocycles. The number of rotatable bonds is 8. The van der Waals surface area contributed by atoms with Crippen molar-refractivity contribution in [3.8, 4) is 16.3 Å². The van der Waals surface area contributed by atoms with Gasteiger partial charge in [0.2, 0.25) is 6.41 Å². The number of hydrogen-bond donors (Lipinski definition) is 1. The second-order valence-corrected chi connectivity index (χ2v) is 7.42. The highest BCUT2D eigenvalue weighted by atomic mass is 32.1. The predicted molar refractivity (Wildman–Crippen MR) is 111 cm³/mol. The Morgan fingerprint density at radius 2 is 1.91 bits per heavy atom. The van der Waals surface area contributed by atoms with Gasteiger partial charge in [-0.15, -0.1) is 11.3 Å². The van der Waals surface area contributed by atoms with Crippen LogP contribution in [0.1, 0.15) is 26.5 Å². The monoisotopic (exact) mass is 481 g/mol. The summed E-state index contributed by atoms with van der Waals surface area (Å²) in [7, 11) is 1.24. The normalized spacial score (nSPS) is 11.7. The third-order valence-electron chi connectivity index (χ3n) is 4.24. The Balaban J connectivity index is 1.77. The lowest BCUT2D eigenvalue weighted by molar-refractivity contribution is -0.137. The van der Waals surface area contributed by atoms with Crippen LogP contribution in [-0.2, 0) is 22.4 Å². The molecule has 2 aromatic carbocycles. The molecule has 0 atom stereocenters. The fourth-order valence-corrected chi connectivity index (χ4v) is 3.66. The first-order valence-electron chi connectivity index (χ1n) is 9.13. The van der Waals surface area contributed by atoms with Gasteiger partial charge in [-0.3, -0.25) is 9.59 Å². The van der Waals surface area contributed by atoms with Gasteiger partial charge in [0.05, 0.1) is 16.0 Å². The number of carbonyl (C=O) groups is 2. The zero-order valence-electron chi connectivity index (χ0n) is 16.9. The van der Waals surface area contributed by atoms with Gasteiger partial charge in [-0.05, 0) is 24.3 Å². The van der Waals surface area contributed by atoms with E-state index in [2.05, 4.69) is 20.3 Å². The minimum Gasteiger partial charge on any atom is -0.488 e. The van der Waals surface area contributed by atoms with Crippen molar-refractivity contribution in [2.24, 2.45) is 5.16 Å². The number of carbonyl (C=O) groups excluding carboxylic acids is 2. The number of aromatic nitrogens is 1. The summed E-state index contributed by atoms with van der Waals surface area (Å²) in [5.74, 6) is -0.758. The highest BCUT2D eigenvalue weighted by Gasteiger charge is 2.30. The van der Waals surface area contributed by atoms with E-state index in [1.165, 1.54) is 31.4 Å². The van der Waals surface area contributed by atoms with Gasteiger partial charge in [-0.2, -0.15) is 13.2 Å². The smallest absolute Gasteiger partial charge is 0.416 e. The second-order valence-electron chi connectivity index (χ2n) is 6.34. The van der Waals surface area contributed by atoms with E-state index in [-0.39, 0.29) is 29.4 Å². The summed E-state index contributed by atoms with van der Waals surface area (Å²) in [4.78, 5) is 31.2. The van der Waals surface area contributed by atoms with E-state index in [0.29, 0.717) is 28.1 Å². The maximum absolute atomic E-state index is 14.4. The molecule has 0 radical (unpaired) electrons. The largest absolute Gasteiger partial charge is 0.488 e. The highest BCUT2D eigenvalue weighted by molar-refractivity contribution is 7.15. The molecule has 3 aromatic rings. The number of hydrogen-bond acceptors (Lipinski definition) is 7. The van der Waals surface area contributed by atoms with Crippen molar-refractivity contribution in [2.75, 3.05) is 7.11 Å². The molecule has 12 heteroatoms. The molecule has 0 aliphatic rings. The Morgan fingerprint density at radius 3 is 2.48 bits per heavy atom. The number of halogens is 4. The van der Waals surface area contributed by atoms with E-state index in [1.54, 1.807) is 0 Å². The highest BCUT2D eigenvalue weighted by Crippen LogP contribution is 2.33. The van der Waals surface area contributed by atoms with Crippen molar-refractivity contribution in [1.82, 2.24) is 10.3 Å². The Labute approximate surface area is 188 Å². The summed E-state index contributed by atoms with van der Waals surface area (Å²) in [5.41, 5.74) is -0.358. The molecule has 0 spiro atoms. The second kappa shape index (κ2) is 10.2. The van der Waals surface area contributed by atoms with Gasteiger partial charge in [-0.25, -0.2) is 9.37 Å². The van der Waals surface area contributed by atoms with Crippen molar-refractivity contribution < 1.29 is 36.7 Å². The molecule has 0 saturated heterocycles. The molecule has 0 fully saturated rings. The lowest BCUT2D eigenvalue weighted by atomic mass is 10.1. The van der Waals surface area contributed by atoms with Crippen LogP contribution < -0.4 is 10.1 Å². The zero-order valence-corrected chi connectivity index (χ0v) is 17.7. The summed E-state index contributed by atoms with van der Waals surface area (Å²) < 4.78 is 58.2. The molecule has 0 unspecified atom stereocenters. The molecular formula is C21H15F4N3O4S. The van der Waals surface area contributed by atoms with Crippen LogP contribution in [0.4, 0.5) is 17.6 Å². The van der Waals surface area contributed by atoms with Crippen molar-refractivity contribution in [1.29, 1.82) is 0 Å². The third-order valence-corrected chi connectivity index (χ3v) is 5.34. The van der Waals surface area contributed by atoms with Gasteiger partial charge in [0.25, 0.3) is 0 Å². The number of aldehydes is 1. The van der Waals surface area contributed by atoms with Crippen LogP contribution in [0.15, 0.2) is 47.6 Å². The first-order valence-corrected chi connectivity index (χ1v) is 9.95. The van der Waals surface area contributed by atoms with Crippen molar-refractivity contribution in [3.05, 3.63) is 70.0 Å². The lowest BCUT2D eigenvalue weighted by Crippen LogP contribution is -2.24. The molecule has 0 aliphatic carbocycles. The number of nitrogens with zero attached hydrogens (tertiary/aromatic N) is 2. The van der Waals surface area contributed by atoms with E-state index in [4.69, 9.17) is 4.74 Å². The van der Waals surface area contributed by atoms with Crippen molar-refractivity contribution >= 4 is 29.9 Å². The number of amidine groups is 1. The number of oxime groups is 1. The van der Waals surface area contributed by atoms with Crippen LogP contribution in [0, 0.1) is 5.82 Å². The van der Waals surface area contributed by atoms with E-state index in [9.17, 15) is 27.2 Å². The van der Waals surface area contributed by atoms with Crippen LogP contribution in [0.5, 0.6) is 5.75 Å². The number of ether oxygens (including phenoxy) is 1. The summed E-state index contributed by atoms with van der Waals surface area (Å²) >= 11 is 1.07. The van der Waals surface area contributed by atoms with Gasteiger partial charge in [0.15, 0.2) is 12.1 Å². The average Bonchev–Trinajstić information content (AvgIpc) is 3.20. The minimum atomic E-state index is -4.46. The summed E-state index contributed by atoms with van der Waals surface area (Å²) in [5, 5.41) is 6.08. The van der Waals surface area contributed by atoms with E-state index in [1.807, 2.05) is 0 Å². The fourth-order valence-electron chi connectivity index (χ4n) is 2.71. The lowest BCUT2D eigenvalue weighted by Gasteiger charge is -2.09. The molecule has 3 rings (SSSR count). The third kappa shape index (κ3) is 5.71. The maximum atomic E-state index is 14.4. The van der Waals surface area contributed by atoms with Crippen molar-refractivity contribution in [3.63, 3.8) is 0 Å². The molecule has 1 N–H and O–H groups in total. The van der Waals surface area contributed by atoms with Crippen LogP contribution in [0.3, 0.4) is 0 Å². The van der Waals surface area contributed by atoms with Crippen LogP contribution in [-0.4, -0.2) is 30.6 Å². The Bertz CT molecular complexity index is 1180. The summed E-state index contributed by atoms with van der Waals surface area (Å²) in [6.45, 7) is -0.128. The van der Waals surface area contributed by atoms with Crippen LogP contribution in [0.2, 0.25) is 0 Å². The standard InChI is InChI=1S/C21H15F4N3O4S/c1-31-28-19(26-11-30)15-7-6-14(8-16(15)22)32-10-18-17(9-29)27-20(33-18)12-2-4-13(5-3-12)21(23,24)25/h2-9,11H,10H2,1H3,(H,26,28,30). The Hall–Kier alpha value is -3.80. The summed E-state index contributed by atoms with van der Waals surface area (Å²) in [6, 6.07) is 8.19.